The summed E-state index contributed by atoms with van der Waals surface area (Å²) in [5.41, 5.74) is 5.33. The number of hydrogen-bond acceptors (Lipinski definition) is 3. The van der Waals surface area contributed by atoms with E-state index < -0.39 is 5.97 Å². The minimum Gasteiger partial charge on any atom is -0.481 e. The van der Waals surface area contributed by atoms with Gasteiger partial charge in [0.05, 0.1) is 6.42 Å². The largest absolute Gasteiger partial charge is 0.481 e. The Balaban J connectivity index is 3.28. The number of carbonyl (C=O) groups is 1. The van der Waals surface area contributed by atoms with Gasteiger partial charge in [-0.1, -0.05) is 0 Å². The SMILES string of the molecule is N=C(CN)CCC(=O)O. The first-order valence-electron chi connectivity index (χ1n) is 2.65. The summed E-state index contributed by atoms with van der Waals surface area (Å²) in [7, 11) is 0. The van der Waals surface area contributed by atoms with E-state index in [2.05, 4.69) is 0 Å². The standard InChI is InChI=1S/C5H10N2O2/c6-3-4(7)1-2-5(8)9/h7H,1-3,6H2,(H,8,9). The lowest BCUT2D eigenvalue weighted by Crippen LogP contribution is -2.13. The van der Waals surface area contributed by atoms with Gasteiger partial charge in [-0.05, 0) is 6.42 Å². The van der Waals surface area contributed by atoms with Crippen LogP contribution in [0.5, 0.6) is 0 Å². The predicted molar refractivity (Wildman–Crippen MR) is 33.7 cm³/mol. The molecule has 0 aliphatic carbocycles. The van der Waals surface area contributed by atoms with Crippen LogP contribution in [-0.4, -0.2) is 23.3 Å². The summed E-state index contributed by atoms with van der Waals surface area (Å²) in [6.07, 6.45) is 0.280. The molecule has 9 heavy (non-hydrogen) atoms. The summed E-state index contributed by atoms with van der Waals surface area (Å²) in [5.74, 6) is -0.881. The van der Waals surface area contributed by atoms with Crippen LogP contribution in [0.15, 0.2) is 0 Å². The third kappa shape index (κ3) is 4.96. The molecule has 0 bridgehead atoms. The van der Waals surface area contributed by atoms with E-state index >= 15 is 0 Å². The topological polar surface area (TPSA) is 87.2 Å². The van der Waals surface area contributed by atoms with Crippen LogP contribution in [0.2, 0.25) is 0 Å². The summed E-state index contributed by atoms with van der Waals surface area (Å²) in [4.78, 5) is 9.88. The van der Waals surface area contributed by atoms with E-state index in [0.29, 0.717) is 0 Å². The van der Waals surface area contributed by atoms with Crippen LogP contribution >= 0.6 is 0 Å². The fourth-order valence-corrected chi connectivity index (χ4v) is 0.360. The van der Waals surface area contributed by atoms with Crippen LogP contribution in [0, 0.1) is 5.41 Å². The number of rotatable bonds is 4. The van der Waals surface area contributed by atoms with Gasteiger partial charge in [-0.25, -0.2) is 0 Å². The van der Waals surface area contributed by atoms with E-state index in [9.17, 15) is 4.79 Å². The quantitative estimate of drug-likeness (QED) is 0.462. The Labute approximate surface area is 53.2 Å². The second-order valence-corrected chi connectivity index (χ2v) is 1.70. The third-order valence-electron chi connectivity index (χ3n) is 0.887. The fourth-order valence-electron chi connectivity index (χ4n) is 0.360. The highest BCUT2D eigenvalue weighted by Gasteiger charge is 1.98. The second kappa shape index (κ2) is 4.03. The Morgan fingerprint density at radius 1 is 1.56 bits per heavy atom. The van der Waals surface area contributed by atoms with Gasteiger partial charge in [0.2, 0.25) is 0 Å². The van der Waals surface area contributed by atoms with Crippen molar-refractivity contribution in [2.24, 2.45) is 5.73 Å². The summed E-state index contributed by atoms with van der Waals surface area (Å²) in [6, 6.07) is 0. The lowest BCUT2D eigenvalue weighted by molar-refractivity contribution is -0.136. The van der Waals surface area contributed by atoms with Crippen molar-refractivity contribution >= 4 is 11.7 Å². The fraction of sp³-hybridized carbons (Fsp3) is 0.600. The van der Waals surface area contributed by atoms with Crippen LogP contribution in [-0.2, 0) is 4.79 Å². The number of hydrogen-bond donors (Lipinski definition) is 3. The maximum Gasteiger partial charge on any atom is 0.303 e. The van der Waals surface area contributed by atoms with Crippen molar-refractivity contribution in [3.8, 4) is 0 Å². The highest BCUT2D eigenvalue weighted by atomic mass is 16.4. The van der Waals surface area contributed by atoms with Crippen molar-refractivity contribution < 1.29 is 9.90 Å². The monoisotopic (exact) mass is 130 g/mol. The van der Waals surface area contributed by atoms with Crippen molar-refractivity contribution in [1.82, 2.24) is 0 Å². The van der Waals surface area contributed by atoms with Crippen LogP contribution in [0.4, 0.5) is 0 Å². The van der Waals surface area contributed by atoms with E-state index in [-0.39, 0.29) is 25.1 Å². The molecule has 0 amide bonds. The summed E-state index contributed by atoms with van der Waals surface area (Å²) in [5, 5.41) is 15.1. The average Bonchev–Trinajstić information content (AvgIpc) is 1.83. The molecular formula is C5H10N2O2. The molecule has 0 rings (SSSR count). The van der Waals surface area contributed by atoms with Gasteiger partial charge in [0.15, 0.2) is 0 Å². The molecule has 0 spiro atoms. The van der Waals surface area contributed by atoms with Gasteiger partial charge in [0.25, 0.3) is 0 Å². The molecule has 4 N–H and O–H groups in total. The second-order valence-electron chi connectivity index (χ2n) is 1.70. The number of nitrogens with one attached hydrogen (secondary N) is 1. The summed E-state index contributed by atoms with van der Waals surface area (Å²) >= 11 is 0. The van der Waals surface area contributed by atoms with E-state index in [1.54, 1.807) is 0 Å². The molecule has 0 fully saturated rings. The molecule has 0 aromatic carbocycles. The van der Waals surface area contributed by atoms with Gasteiger partial charge >= 0.3 is 5.97 Å². The molecule has 0 saturated carbocycles. The molecule has 0 unspecified atom stereocenters. The van der Waals surface area contributed by atoms with Crippen LogP contribution in [0.3, 0.4) is 0 Å². The first kappa shape index (κ1) is 8.10. The molecule has 0 radical (unpaired) electrons. The summed E-state index contributed by atoms with van der Waals surface area (Å²) in [6.45, 7) is 0.160. The van der Waals surface area contributed by atoms with Crippen molar-refractivity contribution in [2.75, 3.05) is 6.54 Å². The van der Waals surface area contributed by atoms with Gasteiger partial charge in [0, 0.05) is 12.3 Å². The highest BCUT2D eigenvalue weighted by molar-refractivity contribution is 5.85. The number of aliphatic carboxylic acids is 1. The first-order valence-corrected chi connectivity index (χ1v) is 2.65. The van der Waals surface area contributed by atoms with Crippen LogP contribution < -0.4 is 5.73 Å². The molecule has 0 heterocycles. The smallest absolute Gasteiger partial charge is 0.303 e. The molecule has 0 aromatic rings. The minimum absolute atomic E-state index is 0.00995. The Morgan fingerprint density at radius 2 is 2.11 bits per heavy atom. The van der Waals surface area contributed by atoms with Gasteiger partial charge in [0.1, 0.15) is 0 Å². The summed E-state index contributed by atoms with van der Waals surface area (Å²) < 4.78 is 0. The Morgan fingerprint density at radius 3 is 2.44 bits per heavy atom. The number of carboxylic acid groups (broad SMARTS) is 1. The Hall–Kier alpha value is -0.900. The van der Waals surface area contributed by atoms with E-state index in [0.717, 1.165) is 0 Å². The minimum atomic E-state index is -0.881. The first-order chi connectivity index (χ1) is 4.16. The van der Waals surface area contributed by atoms with Crippen molar-refractivity contribution in [2.45, 2.75) is 12.8 Å². The molecular weight excluding hydrogens is 120 g/mol. The Bertz CT molecular complexity index is 122. The molecule has 4 heteroatoms. The lowest BCUT2D eigenvalue weighted by Gasteiger charge is -1.94. The molecule has 0 saturated heterocycles. The van der Waals surface area contributed by atoms with E-state index in [1.807, 2.05) is 0 Å². The van der Waals surface area contributed by atoms with E-state index in [4.69, 9.17) is 16.2 Å². The Kier molecular flexibility index (Phi) is 3.62. The number of nitrogens with two attached hydrogens (primary N) is 1. The number of carboxylic acids is 1. The molecule has 0 aliphatic heterocycles. The normalized spacial score (nSPS) is 9.00. The van der Waals surface area contributed by atoms with Gasteiger partial charge in [-0.3, -0.25) is 4.79 Å². The predicted octanol–water partition coefficient (Wildman–Crippen LogP) is -0.170. The van der Waals surface area contributed by atoms with E-state index in [1.165, 1.54) is 0 Å². The molecule has 0 aliphatic rings. The van der Waals surface area contributed by atoms with Crippen molar-refractivity contribution in [3.63, 3.8) is 0 Å². The maximum atomic E-state index is 9.88. The zero-order valence-corrected chi connectivity index (χ0v) is 5.05. The molecule has 0 atom stereocenters. The third-order valence-corrected chi connectivity index (χ3v) is 0.887. The highest BCUT2D eigenvalue weighted by Crippen LogP contribution is 1.88. The maximum absolute atomic E-state index is 9.88. The average molecular weight is 130 g/mol. The van der Waals surface area contributed by atoms with Gasteiger partial charge in [-0.15, -0.1) is 0 Å². The molecule has 4 nitrogen and oxygen atoms in total. The molecule has 0 aromatic heterocycles. The zero-order chi connectivity index (χ0) is 7.28. The van der Waals surface area contributed by atoms with Gasteiger partial charge in [-0.2, -0.15) is 0 Å². The van der Waals surface area contributed by atoms with Crippen molar-refractivity contribution in [3.05, 3.63) is 0 Å². The lowest BCUT2D eigenvalue weighted by atomic mass is 10.2. The van der Waals surface area contributed by atoms with Crippen LogP contribution in [0.1, 0.15) is 12.8 Å². The van der Waals surface area contributed by atoms with Crippen LogP contribution in [0.25, 0.3) is 0 Å². The zero-order valence-electron chi connectivity index (χ0n) is 5.05. The molecule has 52 valence electrons. The van der Waals surface area contributed by atoms with Gasteiger partial charge < -0.3 is 16.2 Å². The van der Waals surface area contributed by atoms with Crippen molar-refractivity contribution in [1.29, 1.82) is 5.41 Å².